The number of rotatable bonds is 6. The van der Waals surface area contributed by atoms with Gasteiger partial charge in [0.2, 0.25) is 11.1 Å². The van der Waals surface area contributed by atoms with Crippen LogP contribution in [0.25, 0.3) is 11.5 Å². The Morgan fingerprint density at radius 3 is 2.97 bits per heavy atom. The molecule has 2 aromatic rings. The van der Waals surface area contributed by atoms with Crippen molar-refractivity contribution in [3.8, 4) is 11.5 Å². The first-order valence-corrected chi connectivity index (χ1v) is 13.4. The molecule has 2 aliphatic heterocycles. The molecular weight excluding hydrogens is 504 g/mol. The predicted octanol–water partition coefficient (Wildman–Crippen LogP) is 3.67. The van der Waals surface area contributed by atoms with E-state index in [9.17, 15) is 14.8 Å². The molecule has 0 radical (unpaired) electrons. The van der Waals surface area contributed by atoms with Crippen molar-refractivity contribution >= 4 is 45.9 Å². The number of thioether (sulfide) groups is 1. The van der Waals surface area contributed by atoms with Crippen molar-refractivity contribution in [3.05, 3.63) is 46.1 Å². The second-order valence-electron chi connectivity index (χ2n) is 8.21. The predicted molar refractivity (Wildman–Crippen MR) is 135 cm³/mol. The normalized spacial score (nSPS) is 17.9. The topological polar surface area (TPSA) is 134 Å². The number of carbonyl (C=O) groups excluding carboxylic acids is 2. The third-order valence-corrected chi connectivity index (χ3v) is 7.72. The molecule has 4 heterocycles. The van der Waals surface area contributed by atoms with Crippen LogP contribution in [0.1, 0.15) is 47.6 Å². The highest BCUT2D eigenvalue weighted by Crippen LogP contribution is 2.33. The molecule has 5 rings (SSSR count). The van der Waals surface area contributed by atoms with E-state index in [-0.39, 0.29) is 29.9 Å². The monoisotopic (exact) mass is 528 g/mol. The van der Waals surface area contributed by atoms with Crippen molar-refractivity contribution in [1.29, 1.82) is 0 Å². The molecule has 3 aliphatic rings. The molecule has 0 saturated carbocycles. The molecule has 1 amide bonds. The lowest BCUT2D eigenvalue weighted by molar-refractivity contribution is -0.129. The van der Waals surface area contributed by atoms with Gasteiger partial charge >= 0.3 is 5.97 Å². The lowest BCUT2D eigenvalue weighted by atomic mass is 9.97. The number of thiazole rings is 1. The number of hydrazone groups is 1. The first-order valence-electron chi connectivity index (χ1n) is 11.6. The highest BCUT2D eigenvalue weighted by Gasteiger charge is 2.27. The van der Waals surface area contributed by atoms with Crippen LogP contribution in [-0.4, -0.2) is 73.6 Å². The third kappa shape index (κ3) is 5.27. The Balaban J connectivity index is 1.12. The summed E-state index contributed by atoms with van der Waals surface area (Å²) in [6.07, 6.45) is 7.97. The van der Waals surface area contributed by atoms with Gasteiger partial charge in [-0.25, -0.2) is 14.8 Å². The van der Waals surface area contributed by atoms with E-state index < -0.39 is 5.97 Å². The molecule has 0 aromatic carbocycles. The number of nitrogens with zero attached hydrogens (tertiary/aromatic N) is 6. The number of amides is 1. The highest BCUT2D eigenvalue weighted by atomic mass is 32.2. The van der Waals surface area contributed by atoms with Gasteiger partial charge in [-0.1, -0.05) is 29.1 Å². The fourth-order valence-corrected chi connectivity index (χ4v) is 5.74. The molecule has 1 N–H and O–H groups in total. The third-order valence-electron chi connectivity index (χ3n) is 5.89. The Morgan fingerprint density at radius 2 is 2.17 bits per heavy atom. The van der Waals surface area contributed by atoms with Crippen LogP contribution in [0.3, 0.4) is 0 Å². The first kappa shape index (κ1) is 24.4. The maximum absolute atomic E-state index is 12.8. The summed E-state index contributed by atoms with van der Waals surface area (Å²) >= 11 is 2.75. The largest absolute Gasteiger partial charge is 0.461 e. The van der Waals surface area contributed by atoms with Gasteiger partial charge in [0.25, 0.3) is 0 Å². The number of likely N-dealkylation sites (tertiary alicyclic amines) is 1. The molecular formula is C23H24N6O5S2. The van der Waals surface area contributed by atoms with Gasteiger partial charge in [0, 0.05) is 30.5 Å². The van der Waals surface area contributed by atoms with Crippen molar-refractivity contribution in [1.82, 2.24) is 20.2 Å². The zero-order chi connectivity index (χ0) is 25.1. The van der Waals surface area contributed by atoms with Crippen LogP contribution in [0.2, 0.25) is 0 Å². The van der Waals surface area contributed by atoms with Crippen LogP contribution in [0.15, 0.2) is 50.0 Å². The fraction of sp³-hybridized carbons (Fsp3) is 0.391. The second-order valence-corrected chi connectivity index (χ2v) is 10.0. The average Bonchev–Trinajstić information content (AvgIpc) is 3.58. The Hall–Kier alpha value is -3.29. The van der Waals surface area contributed by atoms with Crippen molar-refractivity contribution in [3.63, 3.8) is 0 Å². The molecule has 1 aliphatic carbocycles. The van der Waals surface area contributed by atoms with Gasteiger partial charge in [0.1, 0.15) is 11.4 Å². The van der Waals surface area contributed by atoms with Crippen LogP contribution >= 0.6 is 23.1 Å². The number of hydrogen-bond acceptors (Lipinski definition) is 12. The minimum atomic E-state index is -0.526. The zero-order valence-electron chi connectivity index (χ0n) is 19.5. The summed E-state index contributed by atoms with van der Waals surface area (Å²) < 4.78 is 10.2. The molecule has 1 fully saturated rings. The number of esters is 1. The zero-order valence-corrected chi connectivity index (χ0v) is 21.1. The van der Waals surface area contributed by atoms with E-state index in [0.717, 1.165) is 29.4 Å². The van der Waals surface area contributed by atoms with Crippen molar-refractivity contribution < 1.29 is 24.1 Å². The number of ether oxygens (including phenoxy) is 1. The Labute approximate surface area is 215 Å². The second kappa shape index (κ2) is 10.8. The quantitative estimate of drug-likeness (QED) is 0.557. The fourth-order valence-electron chi connectivity index (χ4n) is 4.03. The number of hydrogen-bond donors (Lipinski definition) is 1. The number of hydroxylamine groups is 1. The minimum Gasteiger partial charge on any atom is -0.461 e. The summed E-state index contributed by atoms with van der Waals surface area (Å²) in [4.78, 5) is 35.5. The summed E-state index contributed by atoms with van der Waals surface area (Å²) in [6.45, 7) is 3.27. The van der Waals surface area contributed by atoms with Gasteiger partial charge in [0.05, 0.1) is 23.1 Å². The van der Waals surface area contributed by atoms with Gasteiger partial charge < -0.3 is 14.2 Å². The van der Waals surface area contributed by atoms with Crippen molar-refractivity contribution in [2.45, 2.75) is 32.1 Å². The van der Waals surface area contributed by atoms with E-state index in [2.05, 4.69) is 20.2 Å². The summed E-state index contributed by atoms with van der Waals surface area (Å²) in [7, 11) is 0. The standard InChI is InChI=1S/C23H24N6O5S2/c1-2-33-22(31)16-11-19(34-27-16)17-12-35-21(24-17)14-7-9-28(10-8-14)20(30)13-36-23-25-15-5-3-4-6-18(15)29(32)26-23/h3,5-6,11-12,14,32H,2,4,7-10,13H2,1H3. The molecule has 0 atom stereocenters. The SMILES string of the molecule is CCOC(=O)c1cc(-c2csc(C3CCN(C(=O)CSC4=NN(O)C5=CCC=CC5=N4)CC3)n2)on1. The molecule has 11 nitrogen and oxygen atoms in total. The van der Waals surface area contributed by atoms with Crippen molar-refractivity contribution in [2.24, 2.45) is 10.1 Å². The van der Waals surface area contributed by atoms with Gasteiger partial charge in [-0.15, -0.1) is 21.6 Å². The van der Waals surface area contributed by atoms with E-state index in [1.807, 2.05) is 28.5 Å². The Kier molecular flexibility index (Phi) is 7.30. The molecule has 1 saturated heterocycles. The van der Waals surface area contributed by atoms with Crippen LogP contribution in [-0.2, 0) is 9.53 Å². The molecule has 36 heavy (non-hydrogen) atoms. The van der Waals surface area contributed by atoms with E-state index in [4.69, 9.17) is 9.26 Å². The molecule has 13 heteroatoms. The summed E-state index contributed by atoms with van der Waals surface area (Å²) in [5.74, 6) is 0.356. The molecule has 0 unspecified atom stereocenters. The minimum absolute atomic E-state index is 0.0133. The van der Waals surface area contributed by atoms with Gasteiger partial charge in [-0.3, -0.25) is 10.0 Å². The average molecular weight is 529 g/mol. The molecule has 0 spiro atoms. The van der Waals surface area contributed by atoms with Gasteiger partial charge in [0.15, 0.2) is 11.5 Å². The number of fused-ring (bicyclic) bond motifs is 1. The van der Waals surface area contributed by atoms with Crippen LogP contribution in [0.5, 0.6) is 0 Å². The summed E-state index contributed by atoms with van der Waals surface area (Å²) in [5, 5.41) is 21.9. The Morgan fingerprint density at radius 1 is 1.33 bits per heavy atom. The molecule has 0 bridgehead atoms. The number of carbonyl (C=O) groups is 2. The van der Waals surface area contributed by atoms with Crippen LogP contribution in [0.4, 0.5) is 0 Å². The molecule has 2 aromatic heterocycles. The number of amidine groups is 1. The van der Waals surface area contributed by atoms with Crippen LogP contribution in [0, 0.1) is 0 Å². The molecule has 188 valence electrons. The summed E-state index contributed by atoms with van der Waals surface area (Å²) in [6, 6.07) is 1.54. The van der Waals surface area contributed by atoms with E-state index in [0.29, 0.717) is 41.1 Å². The summed E-state index contributed by atoms with van der Waals surface area (Å²) in [5.41, 5.74) is 1.95. The van der Waals surface area contributed by atoms with E-state index in [1.54, 1.807) is 6.92 Å². The first-order chi connectivity index (χ1) is 17.5. The maximum atomic E-state index is 12.8. The van der Waals surface area contributed by atoms with E-state index in [1.165, 1.54) is 29.2 Å². The van der Waals surface area contributed by atoms with Crippen molar-refractivity contribution in [2.75, 3.05) is 25.4 Å². The van der Waals surface area contributed by atoms with E-state index >= 15 is 0 Å². The number of allylic oxidation sites excluding steroid dienone is 3. The smallest absolute Gasteiger partial charge is 0.360 e. The van der Waals surface area contributed by atoms with Gasteiger partial charge in [-0.2, -0.15) is 0 Å². The maximum Gasteiger partial charge on any atom is 0.360 e. The lowest BCUT2D eigenvalue weighted by Gasteiger charge is -2.31. The van der Waals surface area contributed by atoms with Gasteiger partial charge in [-0.05, 0) is 32.3 Å². The number of aliphatic imine (C=N–C) groups is 1. The lowest BCUT2D eigenvalue weighted by Crippen LogP contribution is -2.39. The number of aromatic nitrogens is 2. The van der Waals surface area contributed by atoms with Crippen LogP contribution < -0.4 is 0 Å². The highest BCUT2D eigenvalue weighted by molar-refractivity contribution is 8.14. The Bertz CT molecular complexity index is 1270. The number of piperidine rings is 1.